The van der Waals surface area contributed by atoms with Crippen LogP contribution in [-0.4, -0.2) is 41.0 Å². The zero-order valence-electron chi connectivity index (χ0n) is 20.4. The molecule has 4 aliphatic heterocycles. The maximum Gasteiger partial charge on any atom is 0.287 e. The lowest BCUT2D eigenvalue weighted by Gasteiger charge is -2.44. The van der Waals surface area contributed by atoms with Crippen LogP contribution in [0.5, 0.6) is 11.5 Å². The molecule has 1 amide bonds. The highest BCUT2D eigenvalue weighted by molar-refractivity contribution is 6.07. The van der Waals surface area contributed by atoms with E-state index in [1.807, 2.05) is 72.8 Å². The monoisotopic (exact) mass is 497 g/mol. The van der Waals surface area contributed by atoms with E-state index >= 15 is 0 Å². The zero-order valence-corrected chi connectivity index (χ0v) is 20.4. The van der Waals surface area contributed by atoms with Gasteiger partial charge in [-0.05, 0) is 42.7 Å². The lowest BCUT2D eigenvalue weighted by Crippen LogP contribution is -2.60. The highest BCUT2D eigenvalue weighted by Crippen LogP contribution is 2.69. The zero-order chi connectivity index (χ0) is 25.4. The van der Waals surface area contributed by atoms with Gasteiger partial charge in [0.2, 0.25) is 0 Å². The molecule has 8 heteroatoms. The molecular formula is C29H27N3O5. The van der Waals surface area contributed by atoms with Gasteiger partial charge in [-0.3, -0.25) is 19.8 Å². The average molecular weight is 498 g/mol. The van der Waals surface area contributed by atoms with Gasteiger partial charge in [0, 0.05) is 28.3 Å². The Morgan fingerprint density at radius 1 is 1.05 bits per heavy atom. The molecule has 0 aliphatic carbocycles. The molecule has 4 aliphatic rings. The van der Waals surface area contributed by atoms with Gasteiger partial charge in [-0.15, -0.1) is 0 Å². The Kier molecular flexibility index (Phi) is 4.70. The fraction of sp³-hybridized carbons (Fsp3) is 0.345. The fourth-order valence-electron chi connectivity index (χ4n) is 7.65. The standard InChI is InChI=1S/C29H27N3O5/c1-36-19-15-13-18(14-16-19)26-29(32(34)35)24-12-6-7-17-31(24)28(21-9-3-4-10-22(21)30-27(28)33)25(29)20-8-2-5-11-23(20)37-26/h2-5,8-11,13-16,24-26H,6-7,12,17H2,1H3,(H,30,33)/t24?,25-,26-,28-,29-/m1/s1. The molecule has 0 radical (unpaired) electrons. The Balaban J connectivity index is 1.58. The summed E-state index contributed by atoms with van der Waals surface area (Å²) in [7, 11) is 1.59. The normalized spacial score (nSPS) is 31.5. The van der Waals surface area contributed by atoms with Gasteiger partial charge in [0.1, 0.15) is 17.0 Å². The van der Waals surface area contributed by atoms with Crippen molar-refractivity contribution >= 4 is 11.6 Å². The Bertz CT molecular complexity index is 1430. The number of carbonyl (C=O) groups is 1. The van der Waals surface area contributed by atoms with E-state index in [1.165, 1.54) is 0 Å². The van der Waals surface area contributed by atoms with Crippen molar-refractivity contribution in [2.45, 2.75) is 48.4 Å². The summed E-state index contributed by atoms with van der Waals surface area (Å²) in [6.07, 6.45) is 1.47. The molecular weight excluding hydrogens is 470 g/mol. The molecule has 5 atom stereocenters. The Hall–Kier alpha value is -3.91. The van der Waals surface area contributed by atoms with Crippen LogP contribution in [0.3, 0.4) is 0 Å². The van der Waals surface area contributed by atoms with Crippen LogP contribution in [0.1, 0.15) is 48.0 Å². The number of benzene rings is 3. The van der Waals surface area contributed by atoms with Crippen molar-refractivity contribution in [2.24, 2.45) is 0 Å². The van der Waals surface area contributed by atoms with Crippen LogP contribution in [0.25, 0.3) is 0 Å². The average Bonchev–Trinajstić information content (AvgIpc) is 3.39. The minimum absolute atomic E-state index is 0.131. The molecule has 0 bridgehead atoms. The van der Waals surface area contributed by atoms with Crippen molar-refractivity contribution in [3.63, 3.8) is 0 Å². The van der Waals surface area contributed by atoms with E-state index in [4.69, 9.17) is 9.47 Å². The van der Waals surface area contributed by atoms with Gasteiger partial charge in [-0.1, -0.05) is 55.0 Å². The molecule has 0 saturated carbocycles. The molecule has 1 N–H and O–H groups in total. The van der Waals surface area contributed by atoms with Crippen molar-refractivity contribution in [2.75, 3.05) is 19.0 Å². The summed E-state index contributed by atoms with van der Waals surface area (Å²) in [6.45, 7) is 0.607. The van der Waals surface area contributed by atoms with Gasteiger partial charge in [0.15, 0.2) is 6.10 Å². The van der Waals surface area contributed by atoms with Gasteiger partial charge >= 0.3 is 0 Å². The molecule has 3 aromatic carbocycles. The van der Waals surface area contributed by atoms with Crippen molar-refractivity contribution in [3.8, 4) is 11.5 Å². The van der Waals surface area contributed by atoms with E-state index in [0.717, 1.165) is 24.1 Å². The quantitative estimate of drug-likeness (QED) is 0.418. The van der Waals surface area contributed by atoms with E-state index in [0.29, 0.717) is 35.6 Å². The molecule has 7 rings (SSSR count). The maximum atomic E-state index is 14.2. The second kappa shape index (κ2) is 7.79. The van der Waals surface area contributed by atoms with Crippen molar-refractivity contribution in [1.29, 1.82) is 0 Å². The van der Waals surface area contributed by atoms with Gasteiger partial charge in [0.05, 0.1) is 19.1 Å². The molecule has 4 heterocycles. The van der Waals surface area contributed by atoms with Crippen LogP contribution < -0.4 is 14.8 Å². The lowest BCUT2D eigenvalue weighted by atomic mass is 9.63. The molecule has 8 nitrogen and oxygen atoms in total. The predicted octanol–water partition coefficient (Wildman–Crippen LogP) is 4.64. The first kappa shape index (κ1) is 22.3. The number of rotatable bonds is 3. The van der Waals surface area contributed by atoms with Crippen LogP contribution in [0.4, 0.5) is 5.69 Å². The first-order chi connectivity index (χ1) is 18.0. The number of methoxy groups -OCH3 is 1. The van der Waals surface area contributed by atoms with Crippen LogP contribution in [0.2, 0.25) is 0 Å². The van der Waals surface area contributed by atoms with Crippen LogP contribution >= 0.6 is 0 Å². The number of amides is 1. The summed E-state index contributed by atoms with van der Waals surface area (Å²) in [5.74, 6) is 0.304. The van der Waals surface area contributed by atoms with Crippen molar-refractivity contribution < 1.29 is 19.2 Å². The van der Waals surface area contributed by atoms with E-state index in [-0.39, 0.29) is 10.8 Å². The van der Waals surface area contributed by atoms with Crippen LogP contribution in [0.15, 0.2) is 72.8 Å². The molecule has 3 aromatic rings. The second-order valence-electron chi connectivity index (χ2n) is 10.4. The molecule has 1 spiro atoms. The van der Waals surface area contributed by atoms with E-state index in [1.54, 1.807) is 7.11 Å². The predicted molar refractivity (Wildman–Crippen MR) is 136 cm³/mol. The van der Waals surface area contributed by atoms with Crippen molar-refractivity contribution in [3.05, 3.63) is 99.6 Å². The summed E-state index contributed by atoms with van der Waals surface area (Å²) in [5, 5.41) is 16.7. The van der Waals surface area contributed by atoms with E-state index in [2.05, 4.69) is 10.2 Å². The summed E-state index contributed by atoms with van der Waals surface area (Å²) in [4.78, 5) is 29.9. The number of nitrogens with one attached hydrogen (secondary N) is 1. The molecule has 1 unspecified atom stereocenters. The smallest absolute Gasteiger partial charge is 0.287 e. The summed E-state index contributed by atoms with van der Waals surface area (Å²) in [5.41, 5.74) is 0.153. The number of para-hydroxylation sites is 2. The topological polar surface area (TPSA) is 93.9 Å². The Morgan fingerprint density at radius 3 is 2.59 bits per heavy atom. The third-order valence-corrected chi connectivity index (χ3v) is 8.93. The third kappa shape index (κ3) is 2.63. The SMILES string of the molecule is COc1ccc([C@H]2Oc3ccccc3[C@H]3[C@]2([N+](=O)[O-])C2CCCCN2[C@@]32C(=O)Nc3ccccc32)cc1. The number of fused-ring (bicyclic) bond motifs is 9. The molecule has 2 fully saturated rings. The second-order valence-corrected chi connectivity index (χ2v) is 10.4. The van der Waals surface area contributed by atoms with Crippen molar-refractivity contribution in [1.82, 2.24) is 4.90 Å². The first-order valence-electron chi connectivity index (χ1n) is 12.8. The fourth-order valence-corrected chi connectivity index (χ4v) is 7.65. The Morgan fingerprint density at radius 2 is 1.81 bits per heavy atom. The minimum Gasteiger partial charge on any atom is -0.497 e. The highest BCUT2D eigenvalue weighted by Gasteiger charge is 2.82. The number of piperidine rings is 1. The molecule has 188 valence electrons. The van der Waals surface area contributed by atoms with Crippen LogP contribution in [-0.2, 0) is 10.3 Å². The van der Waals surface area contributed by atoms with Gasteiger partial charge in [-0.2, -0.15) is 0 Å². The largest absolute Gasteiger partial charge is 0.497 e. The number of nitro groups is 1. The van der Waals surface area contributed by atoms with Gasteiger partial charge in [0.25, 0.3) is 11.4 Å². The first-order valence-corrected chi connectivity index (χ1v) is 12.8. The number of anilines is 1. The third-order valence-electron chi connectivity index (χ3n) is 8.93. The highest BCUT2D eigenvalue weighted by atomic mass is 16.6. The molecule has 2 saturated heterocycles. The maximum absolute atomic E-state index is 14.2. The lowest BCUT2D eigenvalue weighted by molar-refractivity contribution is -0.592. The summed E-state index contributed by atoms with van der Waals surface area (Å²) >= 11 is 0. The van der Waals surface area contributed by atoms with E-state index < -0.39 is 29.1 Å². The van der Waals surface area contributed by atoms with Gasteiger partial charge < -0.3 is 14.8 Å². The summed E-state index contributed by atoms with van der Waals surface area (Å²) in [6, 6.07) is 22.0. The molecule has 37 heavy (non-hydrogen) atoms. The minimum atomic E-state index is -1.59. The number of nitrogens with zero attached hydrogens (tertiary/aromatic N) is 2. The number of ether oxygens (including phenoxy) is 2. The van der Waals surface area contributed by atoms with Crippen LogP contribution in [0, 0.1) is 10.1 Å². The summed E-state index contributed by atoms with van der Waals surface area (Å²) < 4.78 is 12.0. The molecule has 0 aromatic heterocycles. The number of carbonyl (C=O) groups excluding carboxylic acids is 1. The number of hydrogen-bond acceptors (Lipinski definition) is 6. The van der Waals surface area contributed by atoms with E-state index in [9.17, 15) is 14.9 Å². The Labute approximate surface area is 214 Å². The van der Waals surface area contributed by atoms with Gasteiger partial charge in [-0.25, -0.2) is 0 Å². The number of hydrogen-bond donors (Lipinski definition) is 1.